The number of hydrogen-bond donors (Lipinski definition) is 1. The molecular weight excluding hydrogens is 260 g/mol. The van der Waals surface area contributed by atoms with Gasteiger partial charge in [0, 0.05) is 6.61 Å². The first-order chi connectivity index (χ1) is 9.59. The molecule has 0 radical (unpaired) electrons. The van der Waals surface area contributed by atoms with Crippen molar-refractivity contribution in [3.63, 3.8) is 0 Å². The van der Waals surface area contributed by atoms with E-state index in [-0.39, 0.29) is 10.8 Å². The fraction of sp³-hybridized carbons (Fsp3) is 0.684. The lowest BCUT2D eigenvalue weighted by molar-refractivity contribution is 0.111. The minimum absolute atomic E-state index is 0.0589. The van der Waals surface area contributed by atoms with E-state index in [1.165, 1.54) is 12.0 Å². The zero-order valence-corrected chi connectivity index (χ0v) is 14.4. The molecule has 118 valence electrons. The van der Waals surface area contributed by atoms with E-state index in [0.29, 0.717) is 11.9 Å². The van der Waals surface area contributed by atoms with Crippen LogP contribution in [0.3, 0.4) is 0 Å². The van der Waals surface area contributed by atoms with E-state index in [1.807, 2.05) is 0 Å². The second-order valence-corrected chi connectivity index (χ2v) is 8.38. The van der Waals surface area contributed by atoms with Gasteiger partial charge in [0.25, 0.3) is 0 Å². The average Bonchev–Trinajstić information content (AvgIpc) is 2.81. The highest BCUT2D eigenvalue weighted by Gasteiger charge is 2.27. The number of benzene rings is 1. The lowest BCUT2D eigenvalue weighted by Crippen LogP contribution is -2.19. The average molecular weight is 290 g/mol. The maximum atomic E-state index is 10.7. The summed E-state index contributed by atoms with van der Waals surface area (Å²) in [6.45, 7) is 13.8. The van der Waals surface area contributed by atoms with E-state index in [2.05, 4.69) is 53.7 Å². The van der Waals surface area contributed by atoms with Gasteiger partial charge in [0.15, 0.2) is 0 Å². The fourth-order valence-corrected chi connectivity index (χ4v) is 3.02. The Labute approximate surface area is 129 Å². The Kier molecular flexibility index (Phi) is 4.39. The first-order valence-corrected chi connectivity index (χ1v) is 8.07. The van der Waals surface area contributed by atoms with Crippen molar-refractivity contribution in [2.24, 2.45) is 0 Å². The van der Waals surface area contributed by atoms with Crippen molar-refractivity contribution < 1.29 is 9.84 Å². The van der Waals surface area contributed by atoms with Crippen molar-refractivity contribution in [1.29, 1.82) is 0 Å². The number of phenols is 1. The number of hydrogen-bond acceptors (Lipinski definition) is 2. The Morgan fingerprint density at radius 3 is 1.95 bits per heavy atom. The maximum absolute atomic E-state index is 10.7. The number of ether oxygens (including phenoxy) is 1. The van der Waals surface area contributed by atoms with Crippen LogP contribution in [0.25, 0.3) is 0 Å². The minimum Gasteiger partial charge on any atom is -0.507 e. The lowest BCUT2D eigenvalue weighted by atomic mass is 9.78. The highest BCUT2D eigenvalue weighted by atomic mass is 16.5. The third-order valence-corrected chi connectivity index (χ3v) is 4.27. The van der Waals surface area contributed by atoms with Gasteiger partial charge in [-0.3, -0.25) is 0 Å². The summed E-state index contributed by atoms with van der Waals surface area (Å²) in [5.74, 6) is 0.464. The first-order valence-electron chi connectivity index (χ1n) is 8.07. The van der Waals surface area contributed by atoms with Crippen LogP contribution in [-0.2, 0) is 22.0 Å². The topological polar surface area (TPSA) is 29.5 Å². The quantitative estimate of drug-likeness (QED) is 0.855. The number of rotatable bonds is 2. The van der Waals surface area contributed by atoms with E-state index in [9.17, 15) is 5.11 Å². The summed E-state index contributed by atoms with van der Waals surface area (Å²) in [4.78, 5) is 0. The van der Waals surface area contributed by atoms with Crippen molar-refractivity contribution in [3.8, 4) is 5.75 Å². The van der Waals surface area contributed by atoms with E-state index in [0.717, 1.165) is 30.6 Å². The molecule has 1 N–H and O–H groups in total. The summed E-state index contributed by atoms with van der Waals surface area (Å²) in [5, 5.41) is 10.7. The van der Waals surface area contributed by atoms with Gasteiger partial charge in [-0.1, -0.05) is 53.7 Å². The summed E-state index contributed by atoms with van der Waals surface area (Å²) in [6, 6.07) is 4.35. The third-order valence-electron chi connectivity index (χ3n) is 4.27. The second kappa shape index (κ2) is 5.64. The van der Waals surface area contributed by atoms with Gasteiger partial charge in [-0.15, -0.1) is 0 Å². The molecule has 2 nitrogen and oxygen atoms in total. The van der Waals surface area contributed by atoms with Crippen LogP contribution in [-0.4, -0.2) is 17.8 Å². The molecule has 1 atom stereocenters. The third kappa shape index (κ3) is 3.79. The molecule has 1 aliphatic heterocycles. The van der Waals surface area contributed by atoms with Crippen LogP contribution in [0.5, 0.6) is 5.75 Å². The molecular formula is C19H30O2. The van der Waals surface area contributed by atoms with Gasteiger partial charge in [-0.2, -0.15) is 0 Å². The van der Waals surface area contributed by atoms with Crippen LogP contribution < -0.4 is 0 Å². The van der Waals surface area contributed by atoms with Crippen molar-refractivity contribution in [2.75, 3.05) is 6.61 Å². The van der Waals surface area contributed by atoms with Gasteiger partial charge >= 0.3 is 0 Å². The van der Waals surface area contributed by atoms with Crippen molar-refractivity contribution in [2.45, 2.75) is 77.7 Å². The normalized spacial score (nSPS) is 20.0. The molecule has 1 aromatic carbocycles. The molecule has 1 aromatic rings. The monoisotopic (exact) mass is 290 g/mol. The molecule has 0 aromatic heterocycles. The summed E-state index contributed by atoms with van der Waals surface area (Å²) in [7, 11) is 0. The molecule has 2 rings (SSSR count). The first kappa shape index (κ1) is 16.4. The molecule has 0 saturated carbocycles. The van der Waals surface area contributed by atoms with Gasteiger partial charge in [0.05, 0.1) is 6.10 Å². The fourth-order valence-electron chi connectivity index (χ4n) is 3.02. The highest BCUT2D eigenvalue weighted by molar-refractivity contribution is 5.50. The minimum atomic E-state index is -0.0589. The molecule has 0 bridgehead atoms. The van der Waals surface area contributed by atoms with Gasteiger partial charge in [-0.25, -0.2) is 0 Å². The van der Waals surface area contributed by atoms with Crippen LogP contribution in [0, 0.1) is 0 Å². The van der Waals surface area contributed by atoms with Gasteiger partial charge in [0.1, 0.15) is 5.75 Å². The summed E-state index contributed by atoms with van der Waals surface area (Å²) in [6.07, 6.45) is 3.61. The Morgan fingerprint density at radius 1 is 1.05 bits per heavy atom. The SMILES string of the molecule is CC(C)(C)c1cc(CC2CCCO2)cc(C(C)(C)C)c1O. The zero-order valence-electron chi connectivity index (χ0n) is 14.4. The molecule has 0 aliphatic carbocycles. The predicted molar refractivity (Wildman–Crippen MR) is 88.2 cm³/mol. The van der Waals surface area contributed by atoms with Gasteiger partial charge in [-0.05, 0) is 46.8 Å². The molecule has 2 heteroatoms. The van der Waals surface area contributed by atoms with E-state index >= 15 is 0 Å². The van der Waals surface area contributed by atoms with Crippen molar-refractivity contribution in [1.82, 2.24) is 0 Å². The van der Waals surface area contributed by atoms with Gasteiger partial charge in [0.2, 0.25) is 0 Å². The molecule has 1 unspecified atom stereocenters. The Balaban J connectivity index is 2.45. The number of aromatic hydroxyl groups is 1. The van der Waals surface area contributed by atoms with Crippen LogP contribution in [0.4, 0.5) is 0 Å². The summed E-state index contributed by atoms with van der Waals surface area (Å²) < 4.78 is 5.78. The highest BCUT2D eigenvalue weighted by Crippen LogP contribution is 2.40. The molecule has 1 aliphatic rings. The Hall–Kier alpha value is -1.02. The smallest absolute Gasteiger partial charge is 0.123 e. The lowest BCUT2D eigenvalue weighted by Gasteiger charge is -2.28. The Morgan fingerprint density at radius 2 is 1.57 bits per heavy atom. The molecule has 1 fully saturated rings. The largest absolute Gasteiger partial charge is 0.507 e. The van der Waals surface area contributed by atoms with Gasteiger partial charge < -0.3 is 9.84 Å². The molecule has 0 amide bonds. The van der Waals surface area contributed by atoms with Crippen LogP contribution in [0.15, 0.2) is 12.1 Å². The summed E-state index contributed by atoms with van der Waals surface area (Å²) >= 11 is 0. The maximum Gasteiger partial charge on any atom is 0.123 e. The predicted octanol–water partition coefficient (Wildman–Crippen LogP) is 4.71. The second-order valence-electron chi connectivity index (χ2n) is 8.38. The Bertz CT molecular complexity index is 462. The molecule has 1 saturated heterocycles. The summed E-state index contributed by atoms with van der Waals surface area (Å²) in [5.41, 5.74) is 3.26. The van der Waals surface area contributed by atoms with E-state index < -0.39 is 0 Å². The number of phenolic OH excluding ortho intramolecular Hbond substituents is 1. The van der Waals surface area contributed by atoms with Crippen LogP contribution >= 0.6 is 0 Å². The zero-order chi connectivity index (χ0) is 15.8. The van der Waals surface area contributed by atoms with Crippen molar-refractivity contribution >= 4 is 0 Å². The van der Waals surface area contributed by atoms with Crippen LogP contribution in [0.2, 0.25) is 0 Å². The van der Waals surface area contributed by atoms with Crippen LogP contribution in [0.1, 0.15) is 71.1 Å². The van der Waals surface area contributed by atoms with Crippen molar-refractivity contribution in [3.05, 3.63) is 28.8 Å². The van der Waals surface area contributed by atoms with E-state index in [1.54, 1.807) is 0 Å². The van der Waals surface area contributed by atoms with E-state index in [4.69, 9.17) is 4.74 Å². The standard InChI is InChI=1S/C19H30O2/c1-18(2,3)15-11-13(10-14-8-7-9-21-14)12-16(17(15)20)19(4,5)6/h11-12,14,20H,7-10H2,1-6H3. The molecule has 21 heavy (non-hydrogen) atoms. The molecule has 1 heterocycles. The molecule has 0 spiro atoms.